The van der Waals surface area contributed by atoms with E-state index in [0.717, 1.165) is 16.8 Å². The van der Waals surface area contributed by atoms with Gasteiger partial charge in [-0.3, -0.25) is 4.68 Å². The maximum atomic E-state index is 11.1. The van der Waals surface area contributed by atoms with Crippen molar-refractivity contribution in [3.05, 3.63) is 23.0 Å². The number of hydrogen-bond donors (Lipinski definition) is 2. The van der Waals surface area contributed by atoms with Gasteiger partial charge in [-0.25, -0.2) is 14.8 Å². The first-order chi connectivity index (χ1) is 8.58. The Bertz CT molecular complexity index is 667. The van der Waals surface area contributed by atoms with Crippen LogP contribution in [0.5, 0.6) is 0 Å². The third-order valence-corrected chi connectivity index (χ3v) is 3.10. The Hall–Kier alpha value is -0.804. The molecule has 3 rings (SSSR count). The molecule has 0 aliphatic heterocycles. The molecule has 94 valence electrons. The van der Waals surface area contributed by atoms with Crippen LogP contribution in [0.2, 0.25) is 0 Å². The number of nitrogens with zero attached hydrogens (tertiary/aromatic N) is 4. The molecule has 0 saturated heterocycles. The van der Waals surface area contributed by atoms with E-state index in [1.54, 1.807) is 17.9 Å². The molecule has 8 heteroatoms. The van der Waals surface area contributed by atoms with Crippen LogP contribution in [-0.4, -0.2) is 82.2 Å². The molecule has 1 aliphatic rings. The SMILES string of the molecule is Cn1nc(C(=O)O)c2c1-c1nc(N)ncc1CC2.[KH]. The third-order valence-electron chi connectivity index (χ3n) is 3.10. The average molecular weight is 285 g/mol. The first-order valence-electron chi connectivity index (χ1n) is 5.49. The average Bonchev–Trinajstić information content (AvgIpc) is 2.67. The van der Waals surface area contributed by atoms with Crippen LogP contribution in [0.1, 0.15) is 21.6 Å². The van der Waals surface area contributed by atoms with Gasteiger partial charge in [0, 0.05) is 18.8 Å². The summed E-state index contributed by atoms with van der Waals surface area (Å²) in [7, 11) is 1.71. The van der Waals surface area contributed by atoms with Gasteiger partial charge >= 0.3 is 57.4 Å². The molecule has 0 spiro atoms. The summed E-state index contributed by atoms with van der Waals surface area (Å²) in [6, 6.07) is 0. The molecule has 0 unspecified atom stereocenters. The molecular weight excluding hydrogens is 273 g/mol. The normalized spacial score (nSPS) is 12.3. The van der Waals surface area contributed by atoms with Crippen LogP contribution in [0.4, 0.5) is 5.95 Å². The van der Waals surface area contributed by atoms with Gasteiger partial charge in [-0.15, -0.1) is 0 Å². The molecule has 0 radical (unpaired) electrons. The molecule has 0 amide bonds. The van der Waals surface area contributed by atoms with Crippen LogP contribution < -0.4 is 5.73 Å². The molecule has 0 fully saturated rings. The number of fused-ring (bicyclic) bond motifs is 3. The van der Waals surface area contributed by atoms with Crippen molar-refractivity contribution >= 4 is 63.3 Å². The Balaban J connectivity index is 0.00000133. The molecule has 2 aromatic heterocycles. The van der Waals surface area contributed by atoms with Crippen molar-refractivity contribution in [3.8, 4) is 11.4 Å². The van der Waals surface area contributed by atoms with E-state index in [-0.39, 0.29) is 63.0 Å². The minimum atomic E-state index is -1.02. The number of aromatic nitrogens is 4. The summed E-state index contributed by atoms with van der Waals surface area (Å²) in [4.78, 5) is 19.3. The van der Waals surface area contributed by atoms with Crippen molar-refractivity contribution in [2.24, 2.45) is 7.05 Å². The zero-order valence-electron chi connectivity index (χ0n) is 9.71. The second kappa shape index (κ2) is 5.29. The number of carbonyl (C=O) groups is 1. The number of rotatable bonds is 1. The summed E-state index contributed by atoms with van der Waals surface area (Å²) in [5.41, 5.74) is 8.78. The Morgan fingerprint density at radius 3 is 2.89 bits per heavy atom. The molecule has 0 bridgehead atoms. The van der Waals surface area contributed by atoms with Crippen molar-refractivity contribution in [2.45, 2.75) is 12.8 Å². The summed E-state index contributed by atoms with van der Waals surface area (Å²) < 4.78 is 1.54. The number of nitrogen functional groups attached to an aromatic ring is 1. The van der Waals surface area contributed by atoms with Crippen molar-refractivity contribution in [1.82, 2.24) is 19.7 Å². The number of aromatic carboxylic acids is 1. The fourth-order valence-corrected chi connectivity index (χ4v) is 2.34. The molecule has 19 heavy (non-hydrogen) atoms. The van der Waals surface area contributed by atoms with Crippen LogP contribution in [0.25, 0.3) is 11.4 Å². The van der Waals surface area contributed by atoms with Gasteiger partial charge in [0.15, 0.2) is 5.69 Å². The van der Waals surface area contributed by atoms with E-state index in [0.29, 0.717) is 18.5 Å². The van der Waals surface area contributed by atoms with E-state index in [4.69, 9.17) is 10.8 Å². The molecule has 0 aromatic carbocycles. The first-order valence-corrected chi connectivity index (χ1v) is 5.49. The number of nitrogens with two attached hydrogens (primary N) is 1. The van der Waals surface area contributed by atoms with Gasteiger partial charge < -0.3 is 10.8 Å². The topological polar surface area (TPSA) is 107 Å². The third kappa shape index (κ3) is 2.34. The molecular formula is C11H12KN5O2. The van der Waals surface area contributed by atoms with Crippen LogP contribution in [0.3, 0.4) is 0 Å². The quantitative estimate of drug-likeness (QED) is 0.691. The van der Waals surface area contributed by atoms with Crippen molar-refractivity contribution in [2.75, 3.05) is 5.73 Å². The zero-order valence-corrected chi connectivity index (χ0v) is 9.71. The monoisotopic (exact) mass is 285 g/mol. The van der Waals surface area contributed by atoms with Crippen molar-refractivity contribution < 1.29 is 9.90 Å². The van der Waals surface area contributed by atoms with Crippen LogP contribution in [0.15, 0.2) is 6.20 Å². The molecule has 0 atom stereocenters. The predicted octanol–water partition coefficient (Wildman–Crippen LogP) is -0.392. The van der Waals surface area contributed by atoms with Gasteiger partial charge in [0.1, 0.15) is 0 Å². The molecule has 3 N–H and O–H groups in total. The fourth-order valence-electron chi connectivity index (χ4n) is 2.34. The number of carboxylic acid groups (broad SMARTS) is 1. The number of carboxylic acids is 1. The van der Waals surface area contributed by atoms with E-state index >= 15 is 0 Å². The van der Waals surface area contributed by atoms with E-state index < -0.39 is 5.97 Å². The number of anilines is 1. The molecule has 2 heterocycles. The van der Waals surface area contributed by atoms with Gasteiger partial charge in [-0.2, -0.15) is 5.10 Å². The minimum absolute atomic E-state index is 0. The van der Waals surface area contributed by atoms with Crippen LogP contribution >= 0.6 is 0 Å². The summed E-state index contributed by atoms with van der Waals surface area (Å²) in [5, 5.41) is 13.2. The Kier molecular flexibility index (Phi) is 4.07. The van der Waals surface area contributed by atoms with Crippen LogP contribution in [0, 0.1) is 0 Å². The number of hydrogen-bond acceptors (Lipinski definition) is 5. The van der Waals surface area contributed by atoms with Gasteiger partial charge in [0.05, 0.1) is 11.4 Å². The Labute approximate surface area is 151 Å². The van der Waals surface area contributed by atoms with Gasteiger partial charge in [0.2, 0.25) is 5.95 Å². The second-order valence-corrected chi connectivity index (χ2v) is 4.21. The Morgan fingerprint density at radius 2 is 2.21 bits per heavy atom. The molecule has 7 nitrogen and oxygen atoms in total. The summed E-state index contributed by atoms with van der Waals surface area (Å²) in [6.07, 6.45) is 3.02. The van der Waals surface area contributed by atoms with Gasteiger partial charge in [-0.05, 0) is 18.4 Å². The summed E-state index contributed by atoms with van der Waals surface area (Å²) in [6.45, 7) is 0. The molecule has 1 aliphatic carbocycles. The van der Waals surface area contributed by atoms with E-state index in [9.17, 15) is 4.79 Å². The van der Waals surface area contributed by atoms with Crippen molar-refractivity contribution in [1.29, 1.82) is 0 Å². The second-order valence-electron chi connectivity index (χ2n) is 4.21. The maximum absolute atomic E-state index is 11.1. The molecule has 0 saturated carbocycles. The molecule has 2 aromatic rings. The summed E-state index contributed by atoms with van der Waals surface area (Å²) >= 11 is 0. The van der Waals surface area contributed by atoms with Gasteiger partial charge in [-0.1, -0.05) is 0 Å². The predicted molar refractivity (Wildman–Crippen MR) is 70.2 cm³/mol. The van der Waals surface area contributed by atoms with Crippen LogP contribution in [-0.2, 0) is 19.9 Å². The zero-order chi connectivity index (χ0) is 12.9. The summed E-state index contributed by atoms with van der Waals surface area (Å²) in [5.74, 6) is -0.836. The van der Waals surface area contributed by atoms with E-state index in [1.165, 1.54) is 0 Å². The number of aryl methyl sites for hydroxylation is 2. The van der Waals surface area contributed by atoms with Gasteiger partial charge in [0.25, 0.3) is 0 Å². The Morgan fingerprint density at radius 1 is 1.47 bits per heavy atom. The van der Waals surface area contributed by atoms with E-state index in [1.807, 2.05) is 0 Å². The van der Waals surface area contributed by atoms with Crippen molar-refractivity contribution in [3.63, 3.8) is 0 Å². The first kappa shape index (κ1) is 14.6. The standard InChI is InChI=1S/C11H11N5O2.K.H/c1-16-9-6(8(15-16)10(17)18)3-2-5-4-13-11(12)14-7(5)9;;/h4H,2-3H2,1H3,(H,17,18)(H2,12,13,14);;. The fraction of sp³-hybridized carbons (Fsp3) is 0.273. The van der Waals surface area contributed by atoms with E-state index in [2.05, 4.69) is 15.1 Å².